The van der Waals surface area contributed by atoms with E-state index in [0.717, 1.165) is 19.3 Å². The molecule has 2 aromatic rings. The number of benzene rings is 2. The van der Waals surface area contributed by atoms with Gasteiger partial charge in [-0.3, -0.25) is 0 Å². The van der Waals surface area contributed by atoms with Gasteiger partial charge in [0.1, 0.15) is 35.3 Å². The summed E-state index contributed by atoms with van der Waals surface area (Å²) in [6.07, 6.45) is 2.34. The molecule has 0 heterocycles. The van der Waals surface area contributed by atoms with Crippen molar-refractivity contribution in [2.75, 3.05) is 13.2 Å². The van der Waals surface area contributed by atoms with Crippen molar-refractivity contribution >= 4 is 0 Å². The number of ether oxygens (including phenoxy) is 2. The second-order valence-corrected chi connectivity index (χ2v) is 5.26. The van der Waals surface area contributed by atoms with Crippen molar-refractivity contribution < 1.29 is 18.3 Å². The minimum Gasteiger partial charge on any atom is -0.493 e. The topological polar surface area (TPSA) is 66.0 Å². The standard InChI is InChI=1S/C19H16F2N2O2/c20-18-10-16(6-4-14(18)12-22)24-8-2-1-3-9-25-17-7-5-15(13-23)19(21)11-17/h4-7,10-11H,1-3,8-9H2. The van der Waals surface area contributed by atoms with Gasteiger partial charge >= 0.3 is 0 Å². The van der Waals surface area contributed by atoms with Crippen molar-refractivity contribution in [3.05, 3.63) is 59.2 Å². The highest BCUT2D eigenvalue weighted by molar-refractivity contribution is 5.36. The molecule has 0 spiro atoms. The molecule has 2 rings (SSSR count). The molecule has 0 amide bonds. The Morgan fingerprint density at radius 1 is 0.720 bits per heavy atom. The molecular formula is C19H16F2N2O2. The molecule has 0 bridgehead atoms. The van der Waals surface area contributed by atoms with Crippen molar-refractivity contribution in [2.45, 2.75) is 19.3 Å². The summed E-state index contributed by atoms with van der Waals surface area (Å²) < 4.78 is 37.6. The Kier molecular flexibility index (Phi) is 6.74. The minimum absolute atomic E-state index is 0.0104. The number of nitriles is 2. The molecule has 25 heavy (non-hydrogen) atoms. The molecule has 0 radical (unpaired) electrons. The lowest BCUT2D eigenvalue weighted by molar-refractivity contribution is 0.278. The lowest BCUT2D eigenvalue weighted by Crippen LogP contribution is -2.01. The van der Waals surface area contributed by atoms with Crippen molar-refractivity contribution in [1.82, 2.24) is 0 Å². The molecule has 0 aliphatic heterocycles. The summed E-state index contributed by atoms with van der Waals surface area (Å²) in [6.45, 7) is 0.855. The first-order valence-corrected chi connectivity index (χ1v) is 7.79. The summed E-state index contributed by atoms with van der Waals surface area (Å²) in [5, 5.41) is 17.3. The fourth-order valence-corrected chi connectivity index (χ4v) is 2.11. The van der Waals surface area contributed by atoms with Crippen molar-refractivity contribution in [1.29, 1.82) is 10.5 Å². The predicted molar refractivity (Wildman–Crippen MR) is 87.1 cm³/mol. The van der Waals surface area contributed by atoms with Gasteiger partial charge in [-0.2, -0.15) is 10.5 Å². The Hall–Kier alpha value is -3.12. The van der Waals surface area contributed by atoms with Gasteiger partial charge in [0, 0.05) is 12.1 Å². The maximum Gasteiger partial charge on any atom is 0.144 e. The molecule has 0 aliphatic carbocycles. The normalized spacial score (nSPS) is 9.92. The van der Waals surface area contributed by atoms with Crippen LogP contribution >= 0.6 is 0 Å². The summed E-state index contributed by atoms with van der Waals surface area (Å²) in [7, 11) is 0. The summed E-state index contributed by atoms with van der Waals surface area (Å²) in [5.41, 5.74) is -0.0209. The smallest absolute Gasteiger partial charge is 0.144 e. The van der Waals surface area contributed by atoms with Gasteiger partial charge in [0.15, 0.2) is 0 Å². The third-order valence-electron chi connectivity index (χ3n) is 3.45. The van der Waals surface area contributed by atoms with Crippen LogP contribution < -0.4 is 9.47 Å². The van der Waals surface area contributed by atoms with Gasteiger partial charge in [0.25, 0.3) is 0 Å². The second kappa shape index (κ2) is 9.24. The van der Waals surface area contributed by atoms with Crippen LogP contribution in [0.1, 0.15) is 30.4 Å². The van der Waals surface area contributed by atoms with Crippen LogP contribution in [-0.2, 0) is 0 Å². The minimum atomic E-state index is -0.594. The molecule has 128 valence electrons. The molecule has 2 aromatic carbocycles. The number of hydrogen-bond acceptors (Lipinski definition) is 4. The number of halogens is 2. The fourth-order valence-electron chi connectivity index (χ4n) is 2.11. The Morgan fingerprint density at radius 3 is 1.52 bits per heavy atom. The highest BCUT2D eigenvalue weighted by atomic mass is 19.1. The number of hydrogen-bond donors (Lipinski definition) is 0. The van der Waals surface area contributed by atoms with Gasteiger partial charge in [0.05, 0.1) is 24.3 Å². The van der Waals surface area contributed by atoms with Gasteiger partial charge in [0.2, 0.25) is 0 Å². The molecule has 6 heteroatoms. The van der Waals surface area contributed by atoms with E-state index in [-0.39, 0.29) is 11.1 Å². The average molecular weight is 342 g/mol. The number of rotatable bonds is 8. The summed E-state index contributed by atoms with van der Waals surface area (Å²) in [6, 6.07) is 11.8. The molecule has 0 unspecified atom stereocenters. The van der Waals surface area contributed by atoms with Crippen LogP contribution in [0.5, 0.6) is 11.5 Å². The van der Waals surface area contributed by atoms with Crippen LogP contribution in [0, 0.1) is 34.3 Å². The van der Waals surface area contributed by atoms with Gasteiger partial charge in [-0.15, -0.1) is 0 Å². The molecule has 0 saturated carbocycles. The average Bonchev–Trinajstić information content (AvgIpc) is 2.61. The molecular weight excluding hydrogens is 326 g/mol. The van der Waals surface area contributed by atoms with Gasteiger partial charge in [-0.1, -0.05) is 0 Å². The summed E-state index contributed by atoms with van der Waals surface area (Å²) >= 11 is 0. The van der Waals surface area contributed by atoms with Crippen LogP contribution in [0.4, 0.5) is 8.78 Å². The van der Waals surface area contributed by atoms with Crippen LogP contribution in [0.2, 0.25) is 0 Å². The van der Waals surface area contributed by atoms with E-state index in [0.29, 0.717) is 24.7 Å². The third-order valence-corrected chi connectivity index (χ3v) is 3.45. The Labute approximate surface area is 144 Å². The molecule has 0 fully saturated rings. The van der Waals surface area contributed by atoms with E-state index < -0.39 is 11.6 Å². The predicted octanol–water partition coefficient (Wildman–Crippen LogP) is 4.34. The quantitative estimate of drug-likeness (QED) is 0.670. The number of unbranched alkanes of at least 4 members (excludes halogenated alkanes) is 2. The highest BCUT2D eigenvalue weighted by Gasteiger charge is 2.04. The van der Waals surface area contributed by atoms with E-state index in [1.165, 1.54) is 24.3 Å². The van der Waals surface area contributed by atoms with E-state index >= 15 is 0 Å². The SMILES string of the molecule is N#Cc1ccc(OCCCCCOc2ccc(C#N)c(F)c2)cc1F. The molecule has 0 N–H and O–H groups in total. The van der Waals surface area contributed by atoms with Crippen LogP contribution in [0.15, 0.2) is 36.4 Å². The van der Waals surface area contributed by atoms with Crippen LogP contribution in [0.3, 0.4) is 0 Å². The van der Waals surface area contributed by atoms with Gasteiger partial charge < -0.3 is 9.47 Å². The third kappa shape index (κ3) is 5.47. The first-order chi connectivity index (χ1) is 12.1. The van der Waals surface area contributed by atoms with Crippen molar-refractivity contribution in [3.8, 4) is 23.6 Å². The monoisotopic (exact) mass is 342 g/mol. The largest absolute Gasteiger partial charge is 0.493 e. The zero-order valence-corrected chi connectivity index (χ0v) is 13.5. The van der Waals surface area contributed by atoms with Gasteiger partial charge in [-0.05, 0) is 43.5 Å². The second-order valence-electron chi connectivity index (χ2n) is 5.26. The van der Waals surface area contributed by atoms with E-state index in [9.17, 15) is 8.78 Å². The van der Waals surface area contributed by atoms with Gasteiger partial charge in [-0.25, -0.2) is 8.78 Å². The zero-order chi connectivity index (χ0) is 18.1. The van der Waals surface area contributed by atoms with Crippen LogP contribution in [-0.4, -0.2) is 13.2 Å². The van der Waals surface area contributed by atoms with E-state index in [2.05, 4.69) is 0 Å². The first-order valence-electron chi connectivity index (χ1n) is 7.79. The first kappa shape index (κ1) is 18.2. The molecule has 4 nitrogen and oxygen atoms in total. The lowest BCUT2D eigenvalue weighted by Gasteiger charge is -2.08. The van der Waals surface area contributed by atoms with E-state index in [1.54, 1.807) is 24.3 Å². The Bertz CT molecular complexity index is 743. The fraction of sp³-hybridized carbons (Fsp3) is 0.263. The van der Waals surface area contributed by atoms with E-state index in [1.807, 2.05) is 0 Å². The molecule has 0 aliphatic rings. The Morgan fingerprint density at radius 2 is 1.16 bits per heavy atom. The molecule has 0 aromatic heterocycles. The summed E-state index contributed by atoms with van der Waals surface area (Å²) in [4.78, 5) is 0. The van der Waals surface area contributed by atoms with E-state index in [4.69, 9.17) is 20.0 Å². The Balaban J connectivity index is 1.62. The lowest BCUT2D eigenvalue weighted by atomic mass is 10.2. The maximum atomic E-state index is 13.4. The summed E-state index contributed by atoms with van der Waals surface area (Å²) in [5.74, 6) is -0.410. The van der Waals surface area contributed by atoms with Crippen LogP contribution in [0.25, 0.3) is 0 Å². The highest BCUT2D eigenvalue weighted by Crippen LogP contribution is 2.17. The van der Waals surface area contributed by atoms with Crippen molar-refractivity contribution in [3.63, 3.8) is 0 Å². The number of nitrogens with zero attached hydrogens (tertiary/aromatic N) is 2. The maximum absolute atomic E-state index is 13.4. The molecule has 0 saturated heterocycles. The zero-order valence-electron chi connectivity index (χ0n) is 13.5. The van der Waals surface area contributed by atoms with Crippen molar-refractivity contribution in [2.24, 2.45) is 0 Å². The molecule has 0 atom stereocenters.